The Kier molecular flexibility index (Phi) is 21.1. The molecule has 13 rings (SSSR count). The molecule has 2 amide bonds. The predicted molar refractivity (Wildman–Crippen MR) is 362 cm³/mol. The van der Waals surface area contributed by atoms with E-state index in [1.54, 1.807) is 29.5 Å². The summed E-state index contributed by atoms with van der Waals surface area (Å²) < 4.78 is 10.9. The summed E-state index contributed by atoms with van der Waals surface area (Å²) in [6.07, 6.45) is 8.85. The number of aromatic nitrogens is 7. The Labute approximate surface area is 534 Å². The van der Waals surface area contributed by atoms with Crippen LogP contribution in [-0.2, 0) is 31.9 Å². The zero-order valence-corrected chi connectivity index (χ0v) is 52.0. The van der Waals surface area contributed by atoms with E-state index in [9.17, 15) is 14.4 Å². The van der Waals surface area contributed by atoms with Crippen LogP contribution in [0.5, 0.6) is 0 Å². The molecular formula is C71H72N14O5S. The van der Waals surface area contributed by atoms with E-state index in [0.29, 0.717) is 30.4 Å². The number of ether oxygens (including phenoxy) is 2. The molecule has 19 nitrogen and oxygen atoms in total. The molecule has 91 heavy (non-hydrogen) atoms. The number of ketones is 1. The smallest absolute Gasteiger partial charge is 0.227 e. The van der Waals surface area contributed by atoms with E-state index < -0.39 is 0 Å². The van der Waals surface area contributed by atoms with Gasteiger partial charge >= 0.3 is 0 Å². The predicted octanol–water partition coefficient (Wildman–Crippen LogP) is 12.9. The van der Waals surface area contributed by atoms with Crippen LogP contribution in [0.15, 0.2) is 187 Å². The van der Waals surface area contributed by atoms with Crippen LogP contribution in [0, 0.1) is 6.92 Å². The maximum Gasteiger partial charge on any atom is 0.227 e. The highest BCUT2D eigenvalue weighted by Crippen LogP contribution is 2.29. The maximum absolute atomic E-state index is 12.3. The van der Waals surface area contributed by atoms with Crippen molar-refractivity contribution in [2.45, 2.75) is 46.5 Å². The summed E-state index contributed by atoms with van der Waals surface area (Å²) in [4.78, 5) is 73.0. The number of carbonyl (C=O) groups excluding carboxylic acids is 3. The molecule has 7 heterocycles. The first-order chi connectivity index (χ1) is 44.5. The molecule has 3 aliphatic rings. The molecule has 6 aromatic carbocycles. The Bertz CT molecular complexity index is 4010. The van der Waals surface area contributed by atoms with E-state index >= 15 is 0 Å². The minimum atomic E-state index is -0.0914. The molecule has 0 radical (unpaired) electrons. The Balaban J connectivity index is 0.000000141. The molecule has 10 aromatic rings. The minimum Gasteiger partial charge on any atom is -0.378 e. The third-order valence-corrected chi connectivity index (χ3v) is 16.0. The molecule has 0 unspecified atom stereocenters. The van der Waals surface area contributed by atoms with E-state index in [-0.39, 0.29) is 17.6 Å². The number of benzene rings is 6. The molecule has 4 N–H and O–H groups in total. The van der Waals surface area contributed by atoms with E-state index in [1.807, 2.05) is 91.0 Å². The monoisotopic (exact) mass is 1230 g/mol. The minimum absolute atomic E-state index is 0.0351. The lowest BCUT2D eigenvalue weighted by atomic mass is 10.0. The van der Waals surface area contributed by atoms with Crippen molar-refractivity contribution in [3.63, 3.8) is 0 Å². The van der Waals surface area contributed by atoms with Gasteiger partial charge in [-0.3, -0.25) is 14.4 Å². The van der Waals surface area contributed by atoms with Crippen LogP contribution >= 0.6 is 11.3 Å². The van der Waals surface area contributed by atoms with Crippen molar-refractivity contribution in [3.05, 3.63) is 215 Å². The standard InChI is InChI=1S/C26H24N4O2S.C23H25N5O2.C22H23N5O/c31-25(24-17-33-18-28-24)15-19-1-5-21(6-2-19)23-9-10-27-26(29-23)16-20-3-7-22(8-4-20)30-11-13-32-14-12-30;1-16-15-20(28-11-13-30-14-12-28)7-8-21(16)26-23-24-10-9-22(27-23)18-3-5-19(6-4-18)25-17(2)29;1-16(28)24-18-6-4-17(5-7-18)21-12-13-23-22(26-21)25-19-8-10-20(11-9-19)27-14-2-3-15-27/h1-10,17-18H,11-16H2;3-10,15H,11-14H2,1-2H3,(H,25,29)(H,24,26,27);4-13H,2-3,14-15H2,1H3,(H,24,28)(H,23,25,26). The Hall–Kier alpha value is -10.3. The second-order valence-corrected chi connectivity index (χ2v) is 22.8. The van der Waals surface area contributed by atoms with Crippen LogP contribution in [0.2, 0.25) is 0 Å². The summed E-state index contributed by atoms with van der Waals surface area (Å²) in [6, 6.07) is 52.2. The molecule has 0 aliphatic carbocycles. The summed E-state index contributed by atoms with van der Waals surface area (Å²) in [5, 5.41) is 13.9. The number of morpholine rings is 2. The number of hydrogen-bond donors (Lipinski definition) is 4. The summed E-state index contributed by atoms with van der Waals surface area (Å²) >= 11 is 1.43. The normalized spacial score (nSPS) is 13.6. The van der Waals surface area contributed by atoms with Crippen molar-refractivity contribution in [2.75, 3.05) is 102 Å². The molecule has 0 bridgehead atoms. The molecule has 3 saturated heterocycles. The van der Waals surface area contributed by atoms with Crippen molar-refractivity contribution in [2.24, 2.45) is 0 Å². The van der Waals surface area contributed by atoms with Crippen molar-refractivity contribution < 1.29 is 23.9 Å². The van der Waals surface area contributed by atoms with Crippen molar-refractivity contribution in [1.29, 1.82) is 0 Å². The van der Waals surface area contributed by atoms with Gasteiger partial charge in [0.25, 0.3) is 0 Å². The fourth-order valence-electron chi connectivity index (χ4n) is 10.7. The third-order valence-electron chi connectivity index (χ3n) is 15.5. The van der Waals surface area contributed by atoms with Gasteiger partial charge in [-0.2, -0.15) is 0 Å². The molecule has 3 aliphatic heterocycles. The Morgan fingerprint density at radius 2 is 0.945 bits per heavy atom. The number of Topliss-reactive ketones (excluding diaryl/α,β-unsaturated/α-hetero) is 1. The highest BCUT2D eigenvalue weighted by atomic mass is 32.1. The average molecular weight is 1230 g/mol. The molecule has 0 saturated carbocycles. The van der Waals surface area contributed by atoms with Crippen LogP contribution in [0.3, 0.4) is 0 Å². The molecular weight excluding hydrogens is 1160 g/mol. The zero-order chi connectivity index (χ0) is 62.7. The van der Waals surface area contributed by atoms with Gasteiger partial charge in [0.2, 0.25) is 23.7 Å². The van der Waals surface area contributed by atoms with Crippen molar-refractivity contribution in [3.8, 4) is 33.8 Å². The number of nitrogens with zero attached hydrogens (tertiary/aromatic N) is 10. The lowest BCUT2D eigenvalue weighted by molar-refractivity contribution is -0.115. The van der Waals surface area contributed by atoms with Gasteiger partial charge in [-0.1, -0.05) is 60.7 Å². The van der Waals surface area contributed by atoms with Gasteiger partial charge in [0.1, 0.15) is 11.5 Å². The number of amides is 2. The summed E-state index contributed by atoms with van der Waals surface area (Å²) in [6.45, 7) is 14.1. The van der Waals surface area contributed by atoms with E-state index in [2.05, 4.69) is 140 Å². The van der Waals surface area contributed by atoms with Crippen molar-refractivity contribution >= 4 is 80.6 Å². The van der Waals surface area contributed by atoms with Gasteiger partial charge in [-0.25, -0.2) is 34.9 Å². The quantitative estimate of drug-likeness (QED) is 0.0623. The van der Waals surface area contributed by atoms with Gasteiger partial charge in [0.15, 0.2) is 5.78 Å². The first-order valence-corrected chi connectivity index (χ1v) is 31.4. The van der Waals surface area contributed by atoms with Crippen LogP contribution < -0.4 is 36.0 Å². The van der Waals surface area contributed by atoms with Gasteiger partial charge < -0.3 is 45.4 Å². The van der Waals surface area contributed by atoms with Crippen molar-refractivity contribution in [1.82, 2.24) is 34.9 Å². The second kappa shape index (κ2) is 30.8. The largest absolute Gasteiger partial charge is 0.378 e. The van der Waals surface area contributed by atoms with Crippen LogP contribution in [-0.4, -0.2) is 118 Å². The van der Waals surface area contributed by atoms with Crippen LogP contribution in [0.1, 0.15) is 59.7 Å². The Morgan fingerprint density at radius 1 is 0.484 bits per heavy atom. The molecule has 0 spiro atoms. The maximum atomic E-state index is 12.3. The lowest BCUT2D eigenvalue weighted by Gasteiger charge is -2.29. The number of nitrogens with one attached hydrogen (secondary N) is 4. The zero-order valence-electron chi connectivity index (χ0n) is 51.2. The Morgan fingerprint density at radius 3 is 1.47 bits per heavy atom. The number of carbonyl (C=O) groups is 3. The molecule has 3 fully saturated rings. The lowest BCUT2D eigenvalue weighted by Crippen LogP contribution is -2.36. The average Bonchev–Trinajstić information content (AvgIpc) is 2.15. The van der Waals surface area contributed by atoms with E-state index in [1.165, 1.54) is 60.7 Å². The summed E-state index contributed by atoms with van der Waals surface area (Å²) in [5.41, 5.74) is 18.1. The first-order valence-electron chi connectivity index (χ1n) is 30.5. The van der Waals surface area contributed by atoms with Crippen LogP contribution in [0.4, 0.5) is 51.7 Å². The first kappa shape index (κ1) is 62.3. The molecule has 20 heteroatoms. The fraction of sp³-hybridized carbons (Fsp3) is 0.239. The number of thiazole rings is 1. The summed E-state index contributed by atoms with van der Waals surface area (Å²) in [7, 11) is 0. The van der Waals surface area contributed by atoms with E-state index in [4.69, 9.17) is 14.5 Å². The molecule has 4 aromatic heterocycles. The molecule has 462 valence electrons. The topological polar surface area (TPSA) is 218 Å². The summed E-state index contributed by atoms with van der Waals surface area (Å²) in [5.74, 6) is 1.74. The number of aryl methyl sites for hydroxylation is 1. The van der Waals surface area contributed by atoms with Gasteiger partial charge in [-0.15, -0.1) is 11.3 Å². The van der Waals surface area contributed by atoms with Gasteiger partial charge in [-0.05, 0) is 134 Å². The number of hydrogen-bond acceptors (Lipinski definition) is 18. The molecule has 0 atom stereocenters. The second-order valence-electron chi connectivity index (χ2n) is 22.1. The van der Waals surface area contributed by atoms with Gasteiger partial charge in [0, 0.05) is 146 Å². The third kappa shape index (κ3) is 17.7. The number of rotatable bonds is 17. The highest BCUT2D eigenvalue weighted by Gasteiger charge is 2.17. The fourth-order valence-corrected chi connectivity index (χ4v) is 11.3. The number of anilines is 9. The van der Waals surface area contributed by atoms with E-state index in [0.717, 1.165) is 139 Å². The van der Waals surface area contributed by atoms with Gasteiger partial charge in [0.05, 0.1) is 49.0 Å². The van der Waals surface area contributed by atoms with Crippen LogP contribution in [0.25, 0.3) is 33.8 Å². The SMILES string of the molecule is CC(=O)Nc1ccc(-c2ccnc(Nc3ccc(N4CCCC4)cc3)n2)cc1.CC(=O)Nc1ccc(-c2ccnc(Nc3ccc(N4CCOCC4)cc3C)n2)cc1.O=C(Cc1ccc(-c2ccnc(Cc3ccc(N4CCOCC4)cc3)n2)cc1)c1cscn1. The highest BCUT2D eigenvalue weighted by molar-refractivity contribution is 7.07.